The Morgan fingerprint density at radius 3 is 2.58 bits per heavy atom. The number of thiocarbonyl (C=S) groups is 1. The van der Waals surface area contributed by atoms with E-state index in [0.29, 0.717) is 13.1 Å². The third kappa shape index (κ3) is 3.48. The Bertz CT molecular complexity index is 399. The molecule has 1 rings (SSSR count). The zero-order valence-electron chi connectivity index (χ0n) is 10.8. The molecule has 8 heteroatoms. The minimum atomic E-state index is -0.927. The number of aliphatic hydroxyl groups excluding tert-OH is 1. The second-order valence-electron chi connectivity index (χ2n) is 4.13. The van der Waals surface area contributed by atoms with Gasteiger partial charge in [-0.05, 0) is 13.8 Å². The zero-order valence-corrected chi connectivity index (χ0v) is 11.6. The lowest BCUT2D eigenvalue weighted by Crippen LogP contribution is -2.60. The predicted octanol–water partition coefficient (Wildman–Crippen LogP) is -0.987. The molecule has 0 aromatic carbocycles. The van der Waals surface area contributed by atoms with Gasteiger partial charge in [-0.15, -0.1) is 0 Å². The fourth-order valence-electron chi connectivity index (χ4n) is 1.63. The van der Waals surface area contributed by atoms with Crippen molar-refractivity contribution in [1.82, 2.24) is 15.1 Å². The number of hydrogen-bond acceptors (Lipinski definition) is 5. The number of amides is 4. The summed E-state index contributed by atoms with van der Waals surface area (Å²) in [6, 6.07) is -1.62. The quantitative estimate of drug-likeness (QED) is 0.512. The standard InChI is InChI=1S/C11H16N3O4S/c1-3-13-4-5-14(10(17)9(13)16)11(18)12-8(6-19)7(2)15/h7-8,15H,3-5H2,1-2H3,(H,12,18). The number of carbonyl (C=O) groups excluding carboxylic acids is 3. The van der Waals surface area contributed by atoms with E-state index in [2.05, 4.69) is 22.9 Å². The molecular formula is C11H16N3O4S. The van der Waals surface area contributed by atoms with Crippen molar-refractivity contribution < 1.29 is 19.5 Å². The van der Waals surface area contributed by atoms with Crippen molar-refractivity contribution in [3.05, 3.63) is 0 Å². The predicted molar refractivity (Wildman–Crippen MR) is 70.6 cm³/mol. The molecule has 0 aromatic heterocycles. The van der Waals surface area contributed by atoms with Crippen molar-refractivity contribution in [2.24, 2.45) is 0 Å². The number of hydrogen-bond donors (Lipinski definition) is 2. The van der Waals surface area contributed by atoms with E-state index in [4.69, 9.17) is 0 Å². The lowest BCUT2D eigenvalue weighted by molar-refractivity contribution is -0.153. The number of likely N-dealkylation sites (N-methyl/N-ethyl adjacent to an activating group) is 1. The summed E-state index contributed by atoms with van der Waals surface area (Å²) in [5.74, 6) is -1.58. The van der Waals surface area contributed by atoms with E-state index in [-0.39, 0.29) is 6.54 Å². The van der Waals surface area contributed by atoms with Gasteiger partial charge in [0.2, 0.25) is 0 Å². The Kier molecular flexibility index (Phi) is 5.37. The van der Waals surface area contributed by atoms with Crippen molar-refractivity contribution >= 4 is 35.4 Å². The number of nitrogens with one attached hydrogen (secondary N) is 1. The molecule has 2 atom stereocenters. The molecule has 4 amide bonds. The van der Waals surface area contributed by atoms with Crippen LogP contribution in [0.3, 0.4) is 0 Å². The van der Waals surface area contributed by atoms with Crippen LogP contribution in [-0.2, 0) is 9.59 Å². The molecule has 0 saturated carbocycles. The number of carbonyl (C=O) groups is 3. The molecule has 1 saturated heterocycles. The molecule has 1 heterocycles. The van der Waals surface area contributed by atoms with Gasteiger partial charge in [0, 0.05) is 19.6 Å². The molecule has 1 fully saturated rings. The molecule has 2 N–H and O–H groups in total. The normalized spacial score (nSPS) is 19.1. The molecule has 0 bridgehead atoms. The minimum Gasteiger partial charge on any atom is -0.391 e. The highest BCUT2D eigenvalue weighted by Gasteiger charge is 2.36. The van der Waals surface area contributed by atoms with Gasteiger partial charge in [0.1, 0.15) is 0 Å². The van der Waals surface area contributed by atoms with Gasteiger partial charge in [0.05, 0.1) is 17.5 Å². The molecule has 2 unspecified atom stereocenters. The second kappa shape index (κ2) is 6.58. The molecule has 7 nitrogen and oxygen atoms in total. The van der Waals surface area contributed by atoms with Crippen molar-refractivity contribution in [3.63, 3.8) is 0 Å². The third-order valence-corrected chi connectivity index (χ3v) is 3.08. The Balaban J connectivity index is 2.71. The highest BCUT2D eigenvalue weighted by Crippen LogP contribution is 2.05. The van der Waals surface area contributed by atoms with Gasteiger partial charge in [0.25, 0.3) is 0 Å². The highest BCUT2D eigenvalue weighted by molar-refractivity contribution is 7.79. The molecule has 105 valence electrons. The molecule has 19 heavy (non-hydrogen) atoms. The Labute approximate surface area is 116 Å². The number of nitrogens with zero attached hydrogens (tertiary/aromatic N) is 2. The maximum atomic E-state index is 11.8. The Hall–Kier alpha value is -1.54. The summed E-state index contributed by atoms with van der Waals surface area (Å²) >= 11 is 4.56. The molecule has 1 aliphatic rings. The Morgan fingerprint density at radius 2 is 2.11 bits per heavy atom. The van der Waals surface area contributed by atoms with E-state index in [9.17, 15) is 19.5 Å². The number of urea groups is 1. The van der Waals surface area contributed by atoms with E-state index in [1.807, 2.05) is 0 Å². The number of imide groups is 1. The summed E-state index contributed by atoms with van der Waals surface area (Å²) in [6.07, 6.45) is -0.927. The summed E-state index contributed by atoms with van der Waals surface area (Å²) in [7, 11) is 0. The first-order chi connectivity index (χ1) is 8.92. The maximum Gasteiger partial charge on any atom is 0.325 e. The average Bonchev–Trinajstić information content (AvgIpc) is 2.38. The number of aliphatic hydroxyl groups is 1. The number of piperazine rings is 1. The molecule has 1 aliphatic heterocycles. The summed E-state index contributed by atoms with van der Waals surface area (Å²) in [4.78, 5) is 37.4. The lowest BCUT2D eigenvalue weighted by Gasteiger charge is -2.32. The van der Waals surface area contributed by atoms with Crippen LogP contribution in [0.4, 0.5) is 4.79 Å². The first kappa shape index (κ1) is 15.5. The van der Waals surface area contributed by atoms with Gasteiger partial charge in [-0.3, -0.25) is 14.5 Å². The van der Waals surface area contributed by atoms with Gasteiger partial charge in [-0.2, -0.15) is 0 Å². The van der Waals surface area contributed by atoms with E-state index >= 15 is 0 Å². The maximum absolute atomic E-state index is 11.8. The first-order valence-electron chi connectivity index (χ1n) is 5.89. The molecule has 1 radical (unpaired) electrons. The van der Waals surface area contributed by atoms with E-state index in [1.165, 1.54) is 11.8 Å². The van der Waals surface area contributed by atoms with Crippen LogP contribution in [0, 0.1) is 0 Å². The van der Waals surface area contributed by atoms with Gasteiger partial charge in [0.15, 0.2) is 0 Å². The summed E-state index contributed by atoms with van der Waals surface area (Å²) < 4.78 is 0. The van der Waals surface area contributed by atoms with Crippen LogP contribution >= 0.6 is 12.2 Å². The fraction of sp³-hybridized carbons (Fsp3) is 0.636. The smallest absolute Gasteiger partial charge is 0.325 e. The molecular weight excluding hydrogens is 270 g/mol. The van der Waals surface area contributed by atoms with E-state index < -0.39 is 30.0 Å². The molecule has 0 aromatic rings. The van der Waals surface area contributed by atoms with Crippen LogP contribution < -0.4 is 5.32 Å². The third-order valence-electron chi connectivity index (χ3n) is 2.82. The van der Waals surface area contributed by atoms with E-state index in [0.717, 1.165) is 4.90 Å². The van der Waals surface area contributed by atoms with Crippen molar-refractivity contribution in [2.45, 2.75) is 26.0 Å². The lowest BCUT2D eigenvalue weighted by atomic mass is 10.2. The largest absolute Gasteiger partial charge is 0.391 e. The van der Waals surface area contributed by atoms with Crippen LogP contribution in [-0.4, -0.2) is 69.9 Å². The topological polar surface area (TPSA) is 89.9 Å². The van der Waals surface area contributed by atoms with Crippen LogP contribution in [0.1, 0.15) is 13.8 Å². The van der Waals surface area contributed by atoms with E-state index in [1.54, 1.807) is 6.92 Å². The van der Waals surface area contributed by atoms with Crippen molar-refractivity contribution in [1.29, 1.82) is 0 Å². The van der Waals surface area contributed by atoms with Crippen LogP contribution in [0.2, 0.25) is 0 Å². The van der Waals surface area contributed by atoms with Crippen LogP contribution in [0.5, 0.6) is 0 Å². The SMILES string of the molecule is CCN1CCN(C(=O)NC([C]=S)C(C)O)C(=O)C1=O. The van der Waals surface area contributed by atoms with Gasteiger partial charge >= 0.3 is 17.8 Å². The average molecular weight is 286 g/mol. The Morgan fingerprint density at radius 1 is 1.47 bits per heavy atom. The molecule has 0 spiro atoms. The van der Waals surface area contributed by atoms with Gasteiger partial charge in [-0.1, -0.05) is 12.2 Å². The minimum absolute atomic E-state index is 0.119. The van der Waals surface area contributed by atoms with Gasteiger partial charge in [-0.25, -0.2) is 4.79 Å². The summed E-state index contributed by atoms with van der Waals surface area (Å²) in [6.45, 7) is 4.03. The van der Waals surface area contributed by atoms with Crippen molar-refractivity contribution in [3.8, 4) is 0 Å². The molecule has 0 aliphatic carbocycles. The van der Waals surface area contributed by atoms with Crippen LogP contribution in [0.25, 0.3) is 0 Å². The monoisotopic (exact) mass is 286 g/mol. The van der Waals surface area contributed by atoms with Gasteiger partial charge < -0.3 is 15.3 Å². The fourth-order valence-corrected chi connectivity index (χ4v) is 1.89. The van der Waals surface area contributed by atoms with Crippen molar-refractivity contribution in [2.75, 3.05) is 19.6 Å². The zero-order chi connectivity index (χ0) is 14.6. The highest BCUT2D eigenvalue weighted by atomic mass is 32.1. The summed E-state index contributed by atoms with van der Waals surface area (Å²) in [5.41, 5.74) is 0. The first-order valence-corrected chi connectivity index (χ1v) is 6.30. The second-order valence-corrected chi connectivity index (χ2v) is 4.36. The number of rotatable bonds is 4. The summed E-state index contributed by atoms with van der Waals surface area (Å²) in [5, 5.41) is 14.0. The van der Waals surface area contributed by atoms with Crippen LogP contribution in [0.15, 0.2) is 0 Å².